The van der Waals surface area contributed by atoms with E-state index in [4.69, 9.17) is 23.2 Å². The van der Waals surface area contributed by atoms with Crippen molar-refractivity contribution in [3.05, 3.63) is 16.5 Å². The zero-order valence-corrected chi connectivity index (χ0v) is 11.0. The van der Waals surface area contributed by atoms with Gasteiger partial charge in [0.15, 0.2) is 11.0 Å². The second-order valence-electron chi connectivity index (χ2n) is 3.61. The highest BCUT2D eigenvalue weighted by Crippen LogP contribution is 2.32. The molecule has 2 rings (SSSR count). The highest BCUT2D eigenvalue weighted by atomic mass is 35.5. The molecule has 6 nitrogen and oxygen atoms in total. The van der Waals surface area contributed by atoms with Crippen LogP contribution in [0.1, 0.15) is 6.42 Å². The molecule has 0 aromatic carbocycles. The lowest BCUT2D eigenvalue weighted by molar-refractivity contribution is -0.117. The van der Waals surface area contributed by atoms with Crippen molar-refractivity contribution < 1.29 is 17.1 Å². The molecule has 0 bridgehead atoms. The van der Waals surface area contributed by atoms with Crippen molar-refractivity contribution in [1.29, 1.82) is 0 Å². The third kappa shape index (κ3) is 2.40. The minimum atomic E-state index is -4.78. The van der Waals surface area contributed by atoms with Gasteiger partial charge in [0.25, 0.3) is 0 Å². The second kappa shape index (κ2) is 4.60. The smallest absolute Gasteiger partial charge is 0.294 e. The van der Waals surface area contributed by atoms with Gasteiger partial charge in [0.2, 0.25) is 5.91 Å². The van der Waals surface area contributed by atoms with E-state index in [9.17, 15) is 17.1 Å². The summed E-state index contributed by atoms with van der Waals surface area (Å²) in [5.74, 6) is -0.606. The van der Waals surface area contributed by atoms with Crippen molar-refractivity contribution in [2.45, 2.75) is 11.7 Å². The molecule has 0 spiro atoms. The van der Waals surface area contributed by atoms with Crippen LogP contribution in [0.25, 0.3) is 0 Å². The van der Waals surface area contributed by atoms with Crippen molar-refractivity contribution in [2.24, 2.45) is 0 Å². The normalized spacial score (nSPS) is 20.5. The van der Waals surface area contributed by atoms with E-state index >= 15 is 0 Å². The molecule has 1 saturated heterocycles. The lowest BCUT2D eigenvalue weighted by Crippen LogP contribution is -2.28. The molecule has 18 heavy (non-hydrogen) atoms. The number of rotatable bonds is 2. The van der Waals surface area contributed by atoms with Crippen LogP contribution in [-0.4, -0.2) is 36.1 Å². The third-order valence-corrected chi connectivity index (χ3v) is 4.32. The van der Waals surface area contributed by atoms with E-state index in [0.717, 1.165) is 11.2 Å². The Morgan fingerprint density at radius 1 is 1.39 bits per heavy atom. The van der Waals surface area contributed by atoms with E-state index in [0.29, 0.717) is 0 Å². The number of hydrogen-bond donors (Lipinski definition) is 0. The van der Waals surface area contributed by atoms with Gasteiger partial charge in [-0.25, -0.2) is 9.97 Å². The van der Waals surface area contributed by atoms with Gasteiger partial charge in [0, 0.05) is 13.0 Å². The van der Waals surface area contributed by atoms with Gasteiger partial charge in [0.1, 0.15) is 16.6 Å². The van der Waals surface area contributed by atoms with Gasteiger partial charge in [-0.3, -0.25) is 9.69 Å². The Balaban J connectivity index is 2.36. The zero-order valence-electron chi connectivity index (χ0n) is 8.68. The fraction of sp³-hybridized carbons (Fsp3) is 0.375. The highest BCUT2D eigenvalue weighted by Gasteiger charge is 2.40. The molecule has 0 saturated carbocycles. The molecule has 1 aliphatic rings. The van der Waals surface area contributed by atoms with Crippen molar-refractivity contribution in [3.8, 4) is 0 Å². The Kier molecular flexibility index (Phi) is 3.43. The Hall–Kier alpha value is -0.990. The van der Waals surface area contributed by atoms with Crippen LogP contribution in [0.3, 0.4) is 0 Å². The van der Waals surface area contributed by atoms with E-state index in [1.54, 1.807) is 0 Å². The summed E-state index contributed by atoms with van der Waals surface area (Å²) in [5, 5.41) is -1.56. The van der Waals surface area contributed by atoms with Crippen LogP contribution >= 0.6 is 23.2 Å². The van der Waals surface area contributed by atoms with Crippen molar-refractivity contribution in [1.82, 2.24) is 9.97 Å². The number of carbonyl (C=O) groups excluding carboxylic acids is 1. The van der Waals surface area contributed by atoms with E-state index in [-0.39, 0.29) is 22.5 Å². The average molecular weight is 314 g/mol. The summed E-state index contributed by atoms with van der Waals surface area (Å²) in [6.45, 7) is -0.343. The van der Waals surface area contributed by atoms with Crippen LogP contribution in [0.4, 0.5) is 9.70 Å². The first-order valence-electron chi connectivity index (χ1n) is 4.70. The molecule has 1 unspecified atom stereocenters. The lowest BCUT2D eigenvalue weighted by atomic mass is 10.4. The van der Waals surface area contributed by atoms with Crippen LogP contribution in [0.5, 0.6) is 0 Å². The zero-order chi connectivity index (χ0) is 13.5. The fourth-order valence-corrected chi connectivity index (χ4v) is 2.59. The number of hydrogen-bond acceptors (Lipinski definition) is 5. The van der Waals surface area contributed by atoms with E-state index in [1.165, 1.54) is 0 Å². The summed E-state index contributed by atoms with van der Waals surface area (Å²) in [7, 11) is -4.78. The molecule has 0 aliphatic carbocycles. The van der Waals surface area contributed by atoms with Gasteiger partial charge in [-0.2, -0.15) is 8.42 Å². The molecule has 1 aromatic rings. The SMILES string of the molecule is O=C1CC(S(=O)(=O)F)CN1c1ncnc(Cl)c1Cl. The minimum Gasteiger partial charge on any atom is -0.294 e. The number of anilines is 1. The number of amides is 1. The summed E-state index contributed by atoms with van der Waals surface area (Å²) in [6.07, 6.45) is 0.630. The fourth-order valence-electron chi connectivity index (χ4n) is 1.60. The van der Waals surface area contributed by atoms with Gasteiger partial charge < -0.3 is 0 Å². The van der Waals surface area contributed by atoms with Crippen molar-refractivity contribution in [2.75, 3.05) is 11.4 Å². The van der Waals surface area contributed by atoms with Gasteiger partial charge in [-0.15, -0.1) is 3.89 Å². The van der Waals surface area contributed by atoms with E-state index in [1.807, 2.05) is 0 Å². The first-order valence-corrected chi connectivity index (χ1v) is 6.91. The molecule has 0 radical (unpaired) electrons. The molecule has 10 heteroatoms. The quantitative estimate of drug-likeness (QED) is 0.605. The maximum absolute atomic E-state index is 12.8. The Labute approximate surface area is 112 Å². The van der Waals surface area contributed by atoms with E-state index < -0.39 is 27.8 Å². The Morgan fingerprint density at radius 2 is 2.06 bits per heavy atom. The van der Waals surface area contributed by atoms with Crippen LogP contribution in [0.2, 0.25) is 10.2 Å². The third-order valence-electron chi connectivity index (χ3n) is 2.47. The molecule has 1 amide bonds. The molecule has 98 valence electrons. The predicted octanol–water partition coefficient (Wildman–Crippen LogP) is 1.19. The van der Waals surface area contributed by atoms with E-state index in [2.05, 4.69) is 9.97 Å². The summed E-state index contributed by atoms with van der Waals surface area (Å²) < 4.78 is 34.4. The van der Waals surface area contributed by atoms with Gasteiger partial charge in [0.05, 0.1) is 0 Å². The summed E-state index contributed by atoms with van der Waals surface area (Å²) >= 11 is 11.5. The maximum atomic E-state index is 12.8. The number of carbonyl (C=O) groups is 1. The van der Waals surface area contributed by atoms with Crippen LogP contribution in [0, 0.1) is 0 Å². The average Bonchev–Trinajstić information content (AvgIpc) is 2.64. The minimum absolute atomic E-state index is 0.0205. The molecule has 2 heterocycles. The van der Waals surface area contributed by atoms with Crippen LogP contribution in [-0.2, 0) is 15.0 Å². The first kappa shape index (κ1) is 13.4. The number of halogens is 3. The number of nitrogens with zero attached hydrogens (tertiary/aromatic N) is 3. The largest absolute Gasteiger partial charge is 0.307 e. The van der Waals surface area contributed by atoms with Gasteiger partial charge in [-0.05, 0) is 0 Å². The molecule has 0 N–H and O–H groups in total. The molecule has 1 aliphatic heterocycles. The van der Waals surface area contributed by atoms with Crippen LogP contribution < -0.4 is 4.90 Å². The van der Waals surface area contributed by atoms with Gasteiger partial charge >= 0.3 is 10.2 Å². The maximum Gasteiger partial charge on any atom is 0.307 e. The summed E-state index contributed by atoms with van der Waals surface area (Å²) in [6, 6.07) is 0. The first-order chi connectivity index (χ1) is 8.30. The highest BCUT2D eigenvalue weighted by molar-refractivity contribution is 7.87. The molecule has 1 atom stereocenters. The lowest BCUT2D eigenvalue weighted by Gasteiger charge is -2.15. The topological polar surface area (TPSA) is 80.2 Å². The Morgan fingerprint density at radius 3 is 2.61 bits per heavy atom. The standard InChI is InChI=1S/C8H6Cl2FN3O3S/c9-6-7(10)12-3-13-8(6)14-2-4(1-5(14)15)18(11,16)17/h3-4H,1-2H2. The molecular weight excluding hydrogens is 308 g/mol. The number of aromatic nitrogens is 2. The molecular formula is C8H6Cl2FN3O3S. The molecule has 1 fully saturated rings. The predicted molar refractivity (Wildman–Crippen MR) is 62.8 cm³/mol. The van der Waals surface area contributed by atoms with Crippen molar-refractivity contribution in [3.63, 3.8) is 0 Å². The van der Waals surface area contributed by atoms with Crippen molar-refractivity contribution >= 4 is 45.2 Å². The van der Waals surface area contributed by atoms with Crippen LogP contribution in [0.15, 0.2) is 6.33 Å². The second-order valence-corrected chi connectivity index (χ2v) is 5.96. The summed E-state index contributed by atoms with van der Waals surface area (Å²) in [5.41, 5.74) is 0. The van der Waals surface area contributed by atoms with Gasteiger partial charge in [-0.1, -0.05) is 23.2 Å². The monoisotopic (exact) mass is 313 g/mol. The Bertz CT molecular complexity index is 610. The summed E-state index contributed by atoms with van der Waals surface area (Å²) in [4.78, 5) is 20.0. The molecule has 1 aromatic heterocycles.